The van der Waals surface area contributed by atoms with E-state index in [0.29, 0.717) is 0 Å². The molecule has 2 atom stereocenters. The van der Waals surface area contributed by atoms with Gasteiger partial charge in [0.25, 0.3) is 0 Å². The summed E-state index contributed by atoms with van der Waals surface area (Å²) in [6.45, 7) is 7.85. The summed E-state index contributed by atoms with van der Waals surface area (Å²) in [7, 11) is 2.06. The number of hydrogen-bond acceptors (Lipinski definition) is 4. The number of rotatable bonds is 4. The van der Waals surface area contributed by atoms with Gasteiger partial charge >= 0.3 is 0 Å². The number of aryl methyl sites for hydroxylation is 1. The third kappa shape index (κ3) is 3.65. The van der Waals surface area contributed by atoms with Crippen LogP contribution in [0.4, 0.5) is 5.69 Å². The fraction of sp³-hybridized carbons (Fsp3) is 0.360. The van der Waals surface area contributed by atoms with Crippen LogP contribution in [0.25, 0.3) is 5.69 Å². The number of anilines is 1. The Morgan fingerprint density at radius 1 is 1.03 bits per heavy atom. The van der Waals surface area contributed by atoms with Crippen LogP contribution in [0.15, 0.2) is 54.7 Å². The van der Waals surface area contributed by atoms with Gasteiger partial charge < -0.3 is 24.4 Å². The SMILES string of the molecule is Cc1cc(C2C(c3ccccn3)NC(=S)N2C)c(C)n1-c1ccc(N2CCOCC2)cc1. The average Bonchev–Trinajstić information content (AvgIpc) is 3.29. The molecule has 7 heteroatoms. The lowest BCUT2D eigenvalue weighted by Gasteiger charge is -2.29. The molecule has 0 radical (unpaired) electrons. The molecule has 0 aliphatic carbocycles. The molecular weight excluding hydrogens is 418 g/mol. The Bertz CT molecular complexity index is 1110. The van der Waals surface area contributed by atoms with E-state index in [4.69, 9.17) is 17.0 Å². The third-order valence-corrected chi connectivity index (χ3v) is 7.02. The highest BCUT2D eigenvalue weighted by Gasteiger charge is 2.39. The van der Waals surface area contributed by atoms with Crippen molar-refractivity contribution in [2.45, 2.75) is 25.9 Å². The van der Waals surface area contributed by atoms with E-state index in [9.17, 15) is 0 Å². The summed E-state index contributed by atoms with van der Waals surface area (Å²) >= 11 is 5.62. The van der Waals surface area contributed by atoms with Gasteiger partial charge in [0.1, 0.15) is 0 Å². The predicted molar refractivity (Wildman–Crippen MR) is 131 cm³/mol. The van der Waals surface area contributed by atoms with Gasteiger partial charge in [0.2, 0.25) is 0 Å². The molecule has 5 rings (SSSR count). The molecule has 2 saturated heterocycles. The van der Waals surface area contributed by atoms with E-state index < -0.39 is 0 Å². The first kappa shape index (κ1) is 21.0. The first-order valence-corrected chi connectivity index (χ1v) is 11.5. The van der Waals surface area contributed by atoms with Crippen LogP contribution in [0.5, 0.6) is 0 Å². The maximum absolute atomic E-state index is 5.62. The second-order valence-electron chi connectivity index (χ2n) is 8.52. The minimum Gasteiger partial charge on any atom is -0.378 e. The Kier molecular flexibility index (Phi) is 5.61. The van der Waals surface area contributed by atoms with Crippen LogP contribution >= 0.6 is 12.2 Å². The second kappa shape index (κ2) is 8.56. The number of morpholine rings is 1. The van der Waals surface area contributed by atoms with Crippen molar-refractivity contribution in [3.05, 3.63) is 77.4 Å². The number of nitrogens with one attached hydrogen (secondary N) is 1. The predicted octanol–water partition coefficient (Wildman–Crippen LogP) is 3.93. The van der Waals surface area contributed by atoms with Crippen molar-refractivity contribution in [1.29, 1.82) is 0 Å². The molecule has 2 aliphatic rings. The smallest absolute Gasteiger partial charge is 0.169 e. The zero-order chi connectivity index (χ0) is 22.2. The first-order valence-electron chi connectivity index (χ1n) is 11.1. The molecule has 0 amide bonds. The van der Waals surface area contributed by atoms with Crippen molar-refractivity contribution in [3.63, 3.8) is 0 Å². The zero-order valence-electron chi connectivity index (χ0n) is 18.8. The van der Waals surface area contributed by atoms with E-state index in [-0.39, 0.29) is 12.1 Å². The Hall–Kier alpha value is -2.90. The Balaban J connectivity index is 1.49. The largest absolute Gasteiger partial charge is 0.378 e. The van der Waals surface area contributed by atoms with Crippen LogP contribution in [0.3, 0.4) is 0 Å². The van der Waals surface area contributed by atoms with Crippen LogP contribution in [0.1, 0.15) is 34.7 Å². The fourth-order valence-electron chi connectivity index (χ4n) is 4.97. The molecule has 1 N–H and O–H groups in total. The van der Waals surface area contributed by atoms with Crippen LogP contribution in [-0.2, 0) is 4.74 Å². The van der Waals surface area contributed by atoms with E-state index in [2.05, 4.69) is 82.0 Å². The highest BCUT2D eigenvalue weighted by atomic mass is 32.1. The van der Waals surface area contributed by atoms with E-state index in [1.54, 1.807) is 0 Å². The molecule has 3 aromatic rings. The third-order valence-electron chi connectivity index (χ3n) is 6.61. The highest BCUT2D eigenvalue weighted by Crippen LogP contribution is 2.40. The topological polar surface area (TPSA) is 45.6 Å². The number of ether oxygens (including phenoxy) is 1. The van der Waals surface area contributed by atoms with E-state index in [1.807, 2.05) is 18.3 Å². The van der Waals surface area contributed by atoms with Gasteiger partial charge in [0.05, 0.1) is 31.0 Å². The van der Waals surface area contributed by atoms with Crippen molar-refractivity contribution in [2.75, 3.05) is 38.3 Å². The summed E-state index contributed by atoms with van der Waals surface area (Å²) in [5.74, 6) is 0. The number of pyridine rings is 1. The Morgan fingerprint density at radius 3 is 2.44 bits per heavy atom. The van der Waals surface area contributed by atoms with Gasteiger partial charge in [-0.1, -0.05) is 6.07 Å². The van der Waals surface area contributed by atoms with Gasteiger partial charge in [-0.2, -0.15) is 0 Å². The molecule has 1 aromatic carbocycles. The monoisotopic (exact) mass is 447 g/mol. The molecule has 0 saturated carbocycles. The highest BCUT2D eigenvalue weighted by molar-refractivity contribution is 7.80. The van der Waals surface area contributed by atoms with Gasteiger partial charge in [0.15, 0.2) is 5.11 Å². The molecule has 4 heterocycles. The van der Waals surface area contributed by atoms with Gasteiger partial charge in [0, 0.05) is 49.1 Å². The minimum absolute atomic E-state index is 0.0198. The summed E-state index contributed by atoms with van der Waals surface area (Å²) in [5.41, 5.74) is 7.14. The number of thiocarbonyl (C=S) groups is 1. The van der Waals surface area contributed by atoms with E-state index >= 15 is 0 Å². The lowest BCUT2D eigenvalue weighted by atomic mass is 9.97. The zero-order valence-corrected chi connectivity index (χ0v) is 19.6. The standard InChI is InChI=1S/C25H29N5OS/c1-17-16-21(24-23(27-25(32)28(24)3)22-6-4-5-11-26-22)18(2)30(17)20-9-7-19(8-10-20)29-12-14-31-15-13-29/h4-11,16,23-24H,12-15H2,1-3H3,(H,27,32). The average molecular weight is 448 g/mol. The number of aromatic nitrogens is 2. The summed E-state index contributed by atoms with van der Waals surface area (Å²) in [5, 5.41) is 4.23. The molecule has 2 fully saturated rings. The number of hydrogen-bond donors (Lipinski definition) is 1. The van der Waals surface area contributed by atoms with Gasteiger partial charge in [-0.05, 0) is 74.1 Å². The molecular formula is C25H29N5OS. The molecule has 0 bridgehead atoms. The van der Waals surface area contributed by atoms with Gasteiger partial charge in [-0.3, -0.25) is 4.98 Å². The number of likely N-dealkylation sites (N-methyl/N-ethyl adjacent to an activating group) is 1. The maximum atomic E-state index is 5.62. The van der Waals surface area contributed by atoms with Crippen molar-refractivity contribution < 1.29 is 4.74 Å². The summed E-state index contributed by atoms with van der Waals surface area (Å²) in [6.07, 6.45) is 1.84. The quantitative estimate of drug-likeness (QED) is 0.612. The second-order valence-corrected chi connectivity index (χ2v) is 8.90. The lowest BCUT2D eigenvalue weighted by molar-refractivity contribution is 0.122. The van der Waals surface area contributed by atoms with E-state index in [0.717, 1.165) is 37.1 Å². The fourth-order valence-corrected chi connectivity index (χ4v) is 5.21. The normalized spacial score (nSPS) is 21.2. The van der Waals surface area contributed by atoms with Crippen molar-refractivity contribution in [2.24, 2.45) is 0 Å². The Labute approximate surface area is 194 Å². The molecule has 6 nitrogen and oxygen atoms in total. The molecule has 32 heavy (non-hydrogen) atoms. The van der Waals surface area contributed by atoms with Crippen molar-refractivity contribution >= 4 is 23.0 Å². The summed E-state index contributed by atoms with van der Waals surface area (Å²) < 4.78 is 7.82. The minimum atomic E-state index is 0.0198. The summed E-state index contributed by atoms with van der Waals surface area (Å²) in [4.78, 5) is 9.14. The number of benzene rings is 1. The molecule has 2 unspecified atom stereocenters. The van der Waals surface area contributed by atoms with Gasteiger partial charge in [-0.25, -0.2) is 0 Å². The molecule has 0 spiro atoms. The molecule has 2 aromatic heterocycles. The number of nitrogens with zero attached hydrogens (tertiary/aromatic N) is 4. The van der Waals surface area contributed by atoms with Crippen LogP contribution in [0.2, 0.25) is 0 Å². The maximum Gasteiger partial charge on any atom is 0.169 e. The molecule has 2 aliphatic heterocycles. The Morgan fingerprint density at radius 2 is 1.75 bits per heavy atom. The summed E-state index contributed by atoms with van der Waals surface area (Å²) in [6, 6.07) is 17.3. The van der Waals surface area contributed by atoms with Gasteiger partial charge in [-0.15, -0.1) is 0 Å². The van der Waals surface area contributed by atoms with Crippen molar-refractivity contribution in [3.8, 4) is 5.69 Å². The van der Waals surface area contributed by atoms with E-state index in [1.165, 1.54) is 28.3 Å². The van der Waals surface area contributed by atoms with Crippen molar-refractivity contribution in [1.82, 2.24) is 19.8 Å². The lowest BCUT2D eigenvalue weighted by Crippen LogP contribution is -2.36. The molecule has 166 valence electrons. The van der Waals surface area contributed by atoms with Crippen LogP contribution in [-0.4, -0.2) is 52.9 Å². The van der Waals surface area contributed by atoms with Crippen LogP contribution < -0.4 is 10.2 Å². The van der Waals surface area contributed by atoms with Crippen LogP contribution in [0, 0.1) is 13.8 Å². The first-order chi connectivity index (χ1) is 15.5.